The highest BCUT2D eigenvalue weighted by Gasteiger charge is 2.42. The Bertz CT molecular complexity index is 441. The summed E-state index contributed by atoms with van der Waals surface area (Å²) in [6, 6.07) is 1.17. The van der Waals surface area contributed by atoms with Crippen LogP contribution >= 0.6 is 15.9 Å². The van der Waals surface area contributed by atoms with Crippen molar-refractivity contribution in [2.24, 2.45) is 5.73 Å². The third-order valence-electron chi connectivity index (χ3n) is 3.61. The molecule has 0 atom stereocenters. The number of phenols is 1. The molecule has 0 unspecified atom stereocenters. The molecule has 1 aliphatic carbocycles. The van der Waals surface area contributed by atoms with Crippen LogP contribution in [-0.4, -0.2) is 18.8 Å². The predicted octanol–water partition coefficient (Wildman–Crippen LogP) is 2.68. The van der Waals surface area contributed by atoms with Gasteiger partial charge in [-0.3, -0.25) is 0 Å². The molecule has 1 aliphatic rings. The molecule has 0 aliphatic heterocycles. The molecule has 1 aromatic carbocycles. The number of hydrogen-bond donors (Lipinski definition) is 2. The van der Waals surface area contributed by atoms with Crippen LogP contribution in [0.2, 0.25) is 0 Å². The summed E-state index contributed by atoms with van der Waals surface area (Å²) in [6.45, 7) is 0.395. The van der Waals surface area contributed by atoms with Gasteiger partial charge < -0.3 is 15.6 Å². The summed E-state index contributed by atoms with van der Waals surface area (Å²) in [5.41, 5.74) is 6.01. The lowest BCUT2D eigenvalue weighted by Crippen LogP contribution is -2.42. The summed E-state index contributed by atoms with van der Waals surface area (Å²) >= 11 is 3.20. The minimum atomic E-state index is -0.436. The molecule has 0 aromatic heterocycles. The number of nitrogens with two attached hydrogens (primary N) is 1. The highest BCUT2D eigenvalue weighted by molar-refractivity contribution is 9.10. The van der Waals surface area contributed by atoms with Gasteiger partial charge in [0.25, 0.3) is 0 Å². The maximum Gasteiger partial charge on any atom is 0.163 e. The minimum absolute atomic E-state index is 0.00840. The topological polar surface area (TPSA) is 55.5 Å². The van der Waals surface area contributed by atoms with E-state index in [9.17, 15) is 9.50 Å². The van der Waals surface area contributed by atoms with Crippen LogP contribution in [0.15, 0.2) is 10.5 Å². The summed E-state index contributed by atoms with van der Waals surface area (Å²) in [5, 5.41) is 10.1. The van der Waals surface area contributed by atoms with Crippen molar-refractivity contribution >= 4 is 15.9 Å². The molecule has 3 nitrogen and oxygen atoms in total. The number of methoxy groups -OCH3 is 1. The largest absolute Gasteiger partial charge is 0.504 e. The van der Waals surface area contributed by atoms with Crippen molar-refractivity contribution in [1.82, 2.24) is 0 Å². The molecule has 5 heteroatoms. The standard InChI is InChI=1S/C12H15BrFNO2/c1-17-8-5-7(14)10(13)9(11(8)16)12(6-15)3-2-4-12/h5,16H,2-4,6,15H2,1H3. The van der Waals surface area contributed by atoms with E-state index in [1.165, 1.54) is 13.2 Å². The fourth-order valence-corrected chi connectivity index (χ4v) is 3.12. The third kappa shape index (κ3) is 1.81. The van der Waals surface area contributed by atoms with Gasteiger partial charge in [0.15, 0.2) is 11.5 Å². The lowest BCUT2D eigenvalue weighted by atomic mass is 9.64. The average molecular weight is 304 g/mol. The molecule has 1 aromatic rings. The van der Waals surface area contributed by atoms with Crippen molar-refractivity contribution in [3.05, 3.63) is 21.9 Å². The normalized spacial score (nSPS) is 17.6. The van der Waals surface area contributed by atoms with Crippen LogP contribution in [0.25, 0.3) is 0 Å². The Labute approximate surface area is 108 Å². The van der Waals surface area contributed by atoms with Crippen molar-refractivity contribution in [2.75, 3.05) is 13.7 Å². The zero-order valence-electron chi connectivity index (χ0n) is 9.59. The SMILES string of the molecule is COc1cc(F)c(Br)c(C2(CN)CCC2)c1O. The first-order valence-corrected chi connectivity index (χ1v) is 6.30. The number of phenolic OH excluding ortho intramolecular Hbond substituents is 1. The lowest BCUT2D eigenvalue weighted by molar-refractivity contribution is 0.239. The van der Waals surface area contributed by atoms with Gasteiger partial charge in [-0.2, -0.15) is 0 Å². The van der Waals surface area contributed by atoms with Gasteiger partial charge in [-0.05, 0) is 28.8 Å². The van der Waals surface area contributed by atoms with Crippen LogP contribution in [0.3, 0.4) is 0 Å². The van der Waals surface area contributed by atoms with E-state index >= 15 is 0 Å². The maximum absolute atomic E-state index is 13.8. The van der Waals surface area contributed by atoms with E-state index in [0.29, 0.717) is 16.6 Å². The monoisotopic (exact) mass is 303 g/mol. The summed E-state index contributed by atoms with van der Waals surface area (Å²) in [6.07, 6.45) is 2.77. The summed E-state index contributed by atoms with van der Waals surface area (Å²) in [5.74, 6) is -0.291. The summed E-state index contributed by atoms with van der Waals surface area (Å²) in [4.78, 5) is 0. The Morgan fingerprint density at radius 2 is 2.24 bits per heavy atom. The smallest absolute Gasteiger partial charge is 0.163 e. The van der Waals surface area contributed by atoms with Crippen molar-refractivity contribution in [3.63, 3.8) is 0 Å². The van der Waals surface area contributed by atoms with E-state index in [0.717, 1.165) is 19.3 Å². The Morgan fingerprint density at radius 3 is 2.65 bits per heavy atom. The lowest BCUT2D eigenvalue weighted by Gasteiger charge is -2.42. The molecule has 3 N–H and O–H groups in total. The first-order valence-electron chi connectivity index (χ1n) is 5.51. The zero-order chi connectivity index (χ0) is 12.6. The summed E-state index contributed by atoms with van der Waals surface area (Å²) < 4.78 is 19.0. The van der Waals surface area contributed by atoms with E-state index in [4.69, 9.17) is 10.5 Å². The van der Waals surface area contributed by atoms with Crippen LogP contribution in [0.4, 0.5) is 4.39 Å². The zero-order valence-corrected chi connectivity index (χ0v) is 11.2. The van der Waals surface area contributed by atoms with Crippen LogP contribution in [0.1, 0.15) is 24.8 Å². The maximum atomic E-state index is 13.8. The van der Waals surface area contributed by atoms with Crippen molar-refractivity contribution in [3.8, 4) is 11.5 Å². The van der Waals surface area contributed by atoms with Gasteiger partial charge in [-0.1, -0.05) is 6.42 Å². The fraction of sp³-hybridized carbons (Fsp3) is 0.500. The van der Waals surface area contributed by atoms with E-state index in [1.54, 1.807) is 0 Å². The highest BCUT2D eigenvalue weighted by atomic mass is 79.9. The van der Waals surface area contributed by atoms with Gasteiger partial charge in [0.2, 0.25) is 0 Å². The first-order chi connectivity index (χ1) is 8.05. The number of aromatic hydroxyl groups is 1. The molecular formula is C12H15BrFNO2. The number of halogens is 2. The van der Waals surface area contributed by atoms with Crippen molar-refractivity contribution in [2.45, 2.75) is 24.7 Å². The number of hydrogen-bond acceptors (Lipinski definition) is 3. The van der Waals surface area contributed by atoms with Crippen LogP contribution in [-0.2, 0) is 5.41 Å². The molecule has 1 fully saturated rings. The van der Waals surface area contributed by atoms with Gasteiger partial charge in [0, 0.05) is 23.6 Å². The van der Waals surface area contributed by atoms with Crippen LogP contribution in [0.5, 0.6) is 11.5 Å². The van der Waals surface area contributed by atoms with E-state index in [2.05, 4.69) is 15.9 Å². The second-order valence-corrected chi connectivity index (χ2v) is 5.23. The molecule has 0 spiro atoms. The molecule has 94 valence electrons. The van der Waals surface area contributed by atoms with Crippen LogP contribution < -0.4 is 10.5 Å². The molecular weight excluding hydrogens is 289 g/mol. The molecule has 0 radical (unpaired) electrons. The summed E-state index contributed by atoms with van der Waals surface area (Å²) in [7, 11) is 1.40. The first kappa shape index (κ1) is 12.6. The number of benzene rings is 1. The van der Waals surface area contributed by atoms with E-state index < -0.39 is 5.82 Å². The fourth-order valence-electron chi connectivity index (χ4n) is 2.39. The van der Waals surface area contributed by atoms with Gasteiger partial charge >= 0.3 is 0 Å². The van der Waals surface area contributed by atoms with Gasteiger partial charge in [0.05, 0.1) is 11.6 Å². The highest BCUT2D eigenvalue weighted by Crippen LogP contribution is 2.52. The van der Waals surface area contributed by atoms with Crippen molar-refractivity contribution < 1.29 is 14.2 Å². The molecule has 0 amide bonds. The Kier molecular flexibility index (Phi) is 3.32. The van der Waals surface area contributed by atoms with Gasteiger partial charge in [-0.25, -0.2) is 4.39 Å². The molecule has 17 heavy (non-hydrogen) atoms. The second-order valence-electron chi connectivity index (χ2n) is 4.44. The van der Waals surface area contributed by atoms with Gasteiger partial charge in [0.1, 0.15) is 5.82 Å². The number of rotatable bonds is 3. The number of ether oxygens (including phenoxy) is 1. The Balaban J connectivity index is 2.63. The second kappa shape index (κ2) is 4.46. The molecule has 2 rings (SSSR count). The molecule has 0 saturated heterocycles. The molecule has 0 heterocycles. The van der Waals surface area contributed by atoms with Crippen LogP contribution in [0, 0.1) is 5.82 Å². The minimum Gasteiger partial charge on any atom is -0.504 e. The quantitative estimate of drug-likeness (QED) is 0.902. The van der Waals surface area contributed by atoms with E-state index in [1.807, 2.05) is 0 Å². The Hall–Kier alpha value is -0.810. The third-order valence-corrected chi connectivity index (χ3v) is 4.38. The van der Waals surface area contributed by atoms with Crippen molar-refractivity contribution in [1.29, 1.82) is 0 Å². The van der Waals surface area contributed by atoms with E-state index in [-0.39, 0.29) is 16.9 Å². The average Bonchev–Trinajstić information content (AvgIpc) is 2.27. The van der Waals surface area contributed by atoms with Gasteiger partial charge in [-0.15, -0.1) is 0 Å². The molecule has 0 bridgehead atoms. The predicted molar refractivity (Wildman–Crippen MR) is 66.9 cm³/mol. The Morgan fingerprint density at radius 1 is 1.59 bits per heavy atom. The molecule has 1 saturated carbocycles.